The summed E-state index contributed by atoms with van der Waals surface area (Å²) in [6.07, 6.45) is 12.4. The highest BCUT2D eigenvalue weighted by Gasteiger charge is 2.20. The van der Waals surface area contributed by atoms with Gasteiger partial charge in [-0.1, -0.05) is 35.0 Å². The van der Waals surface area contributed by atoms with Crippen LogP contribution in [0.25, 0.3) is 0 Å². The van der Waals surface area contributed by atoms with Gasteiger partial charge in [0.1, 0.15) is 0 Å². The molecule has 10 nitrogen and oxygen atoms in total. The number of sulfone groups is 2. The second-order valence-electron chi connectivity index (χ2n) is 6.82. The number of carbonyl (C=O) groups excluding carboxylic acids is 2. The Balaban J connectivity index is 0.000000362. The third-order valence-electron chi connectivity index (χ3n) is 4.12. The molecule has 4 N–H and O–H groups in total. The van der Waals surface area contributed by atoms with Crippen molar-refractivity contribution in [2.45, 2.75) is 9.79 Å². The molecular formula is C22H19Cl2N3O7S2. The smallest absolute Gasteiger partial charge is 0.339 e. The number of hydrogen-bond acceptors (Lipinski definition) is 7. The fourth-order valence-electron chi connectivity index (χ4n) is 2.55. The van der Waals surface area contributed by atoms with Gasteiger partial charge in [0, 0.05) is 23.6 Å². The van der Waals surface area contributed by atoms with Crippen LogP contribution in [0.15, 0.2) is 39.0 Å². The SMILES string of the molecule is C#Cc1cc(Cl)c(S(C)(=O)=O)cc1C(=O)N=C(N)N.C#Cc1cc(Cl)c(S(C)(=O)=O)cc1C(=O)OC. The molecule has 2 aromatic rings. The molecule has 2 rings (SSSR count). The van der Waals surface area contributed by atoms with Gasteiger partial charge in [-0.25, -0.2) is 21.6 Å². The van der Waals surface area contributed by atoms with Crippen LogP contribution < -0.4 is 11.5 Å². The fourth-order valence-corrected chi connectivity index (χ4v) is 5.21. The van der Waals surface area contributed by atoms with E-state index >= 15 is 0 Å². The topological polar surface area (TPSA) is 176 Å². The average Bonchev–Trinajstić information content (AvgIpc) is 2.76. The average molecular weight is 572 g/mol. The summed E-state index contributed by atoms with van der Waals surface area (Å²) < 4.78 is 50.4. The van der Waals surface area contributed by atoms with E-state index in [1.165, 1.54) is 19.2 Å². The summed E-state index contributed by atoms with van der Waals surface area (Å²) in [5, 5.41) is -0.0928. The summed E-state index contributed by atoms with van der Waals surface area (Å²) in [5.41, 5.74) is 10.4. The number of ether oxygens (including phenoxy) is 1. The van der Waals surface area contributed by atoms with E-state index in [0.29, 0.717) is 0 Å². The monoisotopic (exact) mass is 571 g/mol. The van der Waals surface area contributed by atoms with E-state index in [4.69, 9.17) is 47.5 Å². The normalized spacial score (nSPS) is 10.6. The fraction of sp³-hybridized carbons (Fsp3) is 0.136. The third kappa shape index (κ3) is 7.73. The number of esters is 1. The minimum atomic E-state index is -3.61. The van der Waals surface area contributed by atoms with E-state index in [-0.39, 0.29) is 42.1 Å². The third-order valence-corrected chi connectivity index (χ3v) is 7.24. The van der Waals surface area contributed by atoms with Crippen LogP contribution in [0.2, 0.25) is 10.0 Å². The Labute approximate surface area is 218 Å². The number of hydrogen-bond donors (Lipinski definition) is 2. The molecule has 2 aromatic carbocycles. The Morgan fingerprint density at radius 1 is 0.861 bits per heavy atom. The van der Waals surface area contributed by atoms with E-state index in [1.807, 2.05) is 0 Å². The summed E-state index contributed by atoms with van der Waals surface area (Å²) in [6.45, 7) is 0. The lowest BCUT2D eigenvalue weighted by atomic mass is 10.1. The molecule has 0 bridgehead atoms. The lowest BCUT2D eigenvalue weighted by Gasteiger charge is -2.07. The van der Waals surface area contributed by atoms with Crippen LogP contribution in [-0.4, -0.2) is 54.3 Å². The maximum atomic E-state index is 11.7. The molecule has 36 heavy (non-hydrogen) atoms. The number of terminal acetylenes is 2. The number of amides is 1. The summed E-state index contributed by atoms with van der Waals surface area (Å²) in [7, 11) is -5.96. The Hall–Kier alpha value is -3.55. The molecule has 0 saturated heterocycles. The standard InChI is InChI=1S/C11H10ClN3O3S.C11H9ClO4S/c1-3-6-4-8(12)9(19(2,17)18)5-7(6)10(16)15-11(13)14;1-4-7-5-9(12)10(17(3,14)15)6-8(7)11(13)16-2/h1,4-5H,2H3,(H4,13,14,15,16);1,5-6H,2-3H3. The van der Waals surface area contributed by atoms with Crippen LogP contribution in [0, 0.1) is 24.7 Å². The Morgan fingerprint density at radius 3 is 1.58 bits per heavy atom. The molecule has 0 aromatic heterocycles. The summed E-state index contributed by atoms with van der Waals surface area (Å²) >= 11 is 11.6. The minimum absolute atomic E-state index is 0.000162. The lowest BCUT2D eigenvalue weighted by Crippen LogP contribution is -2.24. The molecule has 0 radical (unpaired) electrons. The Bertz CT molecular complexity index is 1560. The van der Waals surface area contributed by atoms with Gasteiger partial charge in [-0.15, -0.1) is 12.8 Å². The minimum Gasteiger partial charge on any atom is -0.465 e. The summed E-state index contributed by atoms with van der Waals surface area (Å²) in [4.78, 5) is 26.1. The number of nitrogens with zero attached hydrogens (tertiary/aromatic N) is 1. The molecule has 190 valence electrons. The number of carbonyl (C=O) groups is 2. The van der Waals surface area contributed by atoms with Gasteiger partial charge in [0.25, 0.3) is 5.91 Å². The molecule has 0 atom stereocenters. The quantitative estimate of drug-likeness (QED) is 0.239. The van der Waals surface area contributed by atoms with Crippen molar-refractivity contribution in [3.05, 3.63) is 56.6 Å². The number of aliphatic imine (C=N–C) groups is 1. The van der Waals surface area contributed by atoms with Crippen LogP contribution >= 0.6 is 23.2 Å². The highest BCUT2D eigenvalue weighted by molar-refractivity contribution is 7.91. The van der Waals surface area contributed by atoms with E-state index in [1.54, 1.807) is 0 Å². The lowest BCUT2D eigenvalue weighted by molar-refractivity contribution is 0.0600. The van der Waals surface area contributed by atoms with Crippen LogP contribution in [-0.2, 0) is 24.4 Å². The number of rotatable bonds is 4. The van der Waals surface area contributed by atoms with Crippen molar-refractivity contribution in [3.63, 3.8) is 0 Å². The number of methoxy groups -OCH3 is 1. The largest absolute Gasteiger partial charge is 0.465 e. The predicted molar refractivity (Wildman–Crippen MR) is 136 cm³/mol. The number of nitrogens with two attached hydrogens (primary N) is 2. The van der Waals surface area contributed by atoms with Crippen LogP contribution in [0.3, 0.4) is 0 Å². The van der Waals surface area contributed by atoms with Crippen molar-refractivity contribution in [3.8, 4) is 24.7 Å². The van der Waals surface area contributed by atoms with E-state index in [2.05, 4.69) is 21.6 Å². The van der Waals surface area contributed by atoms with Gasteiger partial charge in [0.2, 0.25) is 0 Å². The molecule has 0 aliphatic rings. The molecule has 14 heteroatoms. The molecule has 0 fully saturated rings. The zero-order valence-corrected chi connectivity index (χ0v) is 22.1. The van der Waals surface area contributed by atoms with Crippen molar-refractivity contribution in [1.82, 2.24) is 0 Å². The second kappa shape index (κ2) is 11.9. The number of halogens is 2. The van der Waals surface area contributed by atoms with Gasteiger partial charge < -0.3 is 16.2 Å². The Morgan fingerprint density at radius 2 is 1.25 bits per heavy atom. The van der Waals surface area contributed by atoms with Gasteiger partial charge in [-0.3, -0.25) is 4.79 Å². The Kier molecular flexibility index (Phi) is 10.1. The predicted octanol–water partition coefficient (Wildman–Crippen LogP) is 1.65. The van der Waals surface area contributed by atoms with E-state index in [0.717, 1.165) is 24.6 Å². The van der Waals surface area contributed by atoms with E-state index in [9.17, 15) is 26.4 Å². The van der Waals surface area contributed by atoms with Crippen molar-refractivity contribution in [2.24, 2.45) is 16.5 Å². The van der Waals surface area contributed by atoms with Gasteiger partial charge in [0.15, 0.2) is 25.6 Å². The van der Waals surface area contributed by atoms with Gasteiger partial charge in [-0.2, -0.15) is 4.99 Å². The molecule has 0 spiro atoms. The van der Waals surface area contributed by atoms with Crippen molar-refractivity contribution in [1.29, 1.82) is 0 Å². The molecular weight excluding hydrogens is 553 g/mol. The highest BCUT2D eigenvalue weighted by Crippen LogP contribution is 2.27. The first kappa shape index (κ1) is 30.5. The summed E-state index contributed by atoms with van der Waals surface area (Å²) in [6, 6.07) is 4.64. The first-order valence-corrected chi connectivity index (χ1v) is 13.7. The number of benzene rings is 2. The molecule has 0 unspecified atom stereocenters. The van der Waals surface area contributed by atoms with Crippen LogP contribution in [0.1, 0.15) is 31.8 Å². The molecule has 0 aliphatic heterocycles. The molecule has 0 heterocycles. The number of guanidine groups is 1. The first-order chi connectivity index (χ1) is 16.5. The van der Waals surface area contributed by atoms with Crippen molar-refractivity contribution < 1.29 is 31.2 Å². The highest BCUT2D eigenvalue weighted by atomic mass is 35.5. The summed E-state index contributed by atoms with van der Waals surface area (Å²) in [5.74, 6) is 2.47. The van der Waals surface area contributed by atoms with E-state index < -0.39 is 37.5 Å². The van der Waals surface area contributed by atoms with Crippen molar-refractivity contribution in [2.75, 3.05) is 19.6 Å². The molecule has 0 saturated carbocycles. The van der Waals surface area contributed by atoms with Crippen molar-refractivity contribution >= 4 is 60.7 Å². The van der Waals surface area contributed by atoms with Gasteiger partial charge in [0.05, 0.1) is 38.1 Å². The zero-order chi connectivity index (χ0) is 28.0. The van der Waals surface area contributed by atoms with Crippen LogP contribution in [0.5, 0.6) is 0 Å². The molecule has 0 aliphatic carbocycles. The molecule has 1 amide bonds. The first-order valence-electron chi connectivity index (χ1n) is 9.20. The second-order valence-corrected chi connectivity index (χ2v) is 11.6. The zero-order valence-electron chi connectivity index (χ0n) is 19.0. The maximum absolute atomic E-state index is 11.7. The maximum Gasteiger partial charge on any atom is 0.339 e. The van der Waals surface area contributed by atoms with Gasteiger partial charge >= 0.3 is 5.97 Å². The van der Waals surface area contributed by atoms with Gasteiger partial charge in [-0.05, 0) is 24.3 Å². The van der Waals surface area contributed by atoms with Crippen LogP contribution in [0.4, 0.5) is 0 Å².